The first-order valence-electron chi connectivity index (χ1n) is 7.77. The summed E-state index contributed by atoms with van der Waals surface area (Å²) in [5.41, 5.74) is 4.85. The summed E-state index contributed by atoms with van der Waals surface area (Å²) < 4.78 is 1.98. The summed E-state index contributed by atoms with van der Waals surface area (Å²) in [6.45, 7) is 0. The summed E-state index contributed by atoms with van der Waals surface area (Å²) in [6, 6.07) is 20.4. The number of rotatable bonds is 3. The monoisotopic (exact) mass is 312 g/mol. The molecule has 0 amide bonds. The van der Waals surface area contributed by atoms with E-state index in [9.17, 15) is 0 Å². The van der Waals surface area contributed by atoms with E-state index in [1.165, 1.54) is 0 Å². The SMILES string of the molecule is Cn1cc(N=C(c2ccccc2)c2ccccc2)c2cncnc21. The van der Waals surface area contributed by atoms with E-state index in [0.29, 0.717) is 0 Å². The molecule has 0 aliphatic rings. The minimum absolute atomic E-state index is 0.871. The van der Waals surface area contributed by atoms with Crippen molar-refractivity contribution in [2.45, 2.75) is 0 Å². The second kappa shape index (κ2) is 6.08. The molecule has 0 aliphatic heterocycles. The van der Waals surface area contributed by atoms with Crippen LogP contribution in [0.5, 0.6) is 0 Å². The quantitative estimate of drug-likeness (QED) is 0.534. The van der Waals surface area contributed by atoms with Gasteiger partial charge in [0.25, 0.3) is 0 Å². The third-order valence-corrected chi connectivity index (χ3v) is 3.94. The third kappa shape index (κ3) is 2.58. The van der Waals surface area contributed by atoms with Crippen molar-refractivity contribution in [1.82, 2.24) is 14.5 Å². The summed E-state index contributed by atoms with van der Waals surface area (Å²) >= 11 is 0. The molecule has 116 valence electrons. The number of nitrogens with zero attached hydrogens (tertiary/aromatic N) is 4. The first-order valence-corrected chi connectivity index (χ1v) is 7.77. The maximum Gasteiger partial charge on any atom is 0.145 e. The van der Waals surface area contributed by atoms with Gasteiger partial charge in [0.1, 0.15) is 12.0 Å². The van der Waals surface area contributed by atoms with Gasteiger partial charge < -0.3 is 4.57 Å². The molecule has 0 fully saturated rings. The average molecular weight is 312 g/mol. The van der Waals surface area contributed by atoms with Crippen molar-refractivity contribution in [2.75, 3.05) is 0 Å². The molecule has 0 saturated carbocycles. The lowest BCUT2D eigenvalue weighted by Crippen LogP contribution is -2.02. The Bertz CT molecular complexity index is 960. The van der Waals surface area contributed by atoms with E-state index in [0.717, 1.165) is 33.6 Å². The fourth-order valence-corrected chi connectivity index (χ4v) is 2.80. The molecule has 0 saturated heterocycles. The lowest BCUT2D eigenvalue weighted by atomic mass is 10.0. The molecule has 4 rings (SSSR count). The molecule has 2 aromatic heterocycles. The van der Waals surface area contributed by atoms with Gasteiger partial charge in [0.05, 0.1) is 16.8 Å². The maximum atomic E-state index is 4.96. The number of hydrogen-bond donors (Lipinski definition) is 0. The average Bonchev–Trinajstić information content (AvgIpc) is 2.97. The lowest BCUT2D eigenvalue weighted by Gasteiger charge is -2.07. The minimum atomic E-state index is 0.871. The Hall–Kier alpha value is -3.27. The summed E-state index contributed by atoms with van der Waals surface area (Å²) in [5, 5.41) is 0.948. The molecule has 0 unspecified atom stereocenters. The number of aliphatic imine (C=N–C) groups is 1. The highest BCUT2D eigenvalue weighted by Gasteiger charge is 2.11. The van der Waals surface area contributed by atoms with Crippen LogP contribution in [-0.2, 0) is 7.05 Å². The molecule has 4 nitrogen and oxygen atoms in total. The van der Waals surface area contributed by atoms with Crippen LogP contribution in [0, 0.1) is 0 Å². The summed E-state index contributed by atoms with van der Waals surface area (Å²) in [6.07, 6.45) is 5.37. The van der Waals surface area contributed by atoms with E-state index < -0.39 is 0 Å². The number of fused-ring (bicyclic) bond motifs is 1. The smallest absolute Gasteiger partial charge is 0.145 e. The fraction of sp³-hybridized carbons (Fsp3) is 0.0500. The van der Waals surface area contributed by atoms with Crippen LogP contribution >= 0.6 is 0 Å². The predicted octanol–water partition coefficient (Wildman–Crippen LogP) is 4.14. The van der Waals surface area contributed by atoms with E-state index in [-0.39, 0.29) is 0 Å². The molecule has 0 N–H and O–H groups in total. The van der Waals surface area contributed by atoms with E-state index >= 15 is 0 Å². The highest BCUT2D eigenvalue weighted by molar-refractivity contribution is 6.14. The largest absolute Gasteiger partial charge is 0.333 e. The van der Waals surface area contributed by atoms with Gasteiger partial charge in [-0.2, -0.15) is 0 Å². The van der Waals surface area contributed by atoms with Crippen molar-refractivity contribution in [3.8, 4) is 0 Å². The van der Waals surface area contributed by atoms with Gasteiger partial charge in [-0.15, -0.1) is 0 Å². The molecule has 2 heterocycles. The number of benzene rings is 2. The van der Waals surface area contributed by atoms with Crippen molar-refractivity contribution < 1.29 is 0 Å². The normalized spacial score (nSPS) is 10.7. The highest BCUT2D eigenvalue weighted by Crippen LogP contribution is 2.27. The van der Waals surface area contributed by atoms with Gasteiger partial charge >= 0.3 is 0 Å². The van der Waals surface area contributed by atoms with Crippen molar-refractivity contribution in [3.63, 3.8) is 0 Å². The molecular formula is C20H16N4. The molecule has 0 aliphatic carbocycles. The Balaban J connectivity index is 1.94. The van der Waals surface area contributed by atoms with Crippen LogP contribution in [0.1, 0.15) is 11.1 Å². The Labute approximate surface area is 140 Å². The van der Waals surface area contributed by atoms with Gasteiger partial charge in [-0.25, -0.2) is 15.0 Å². The van der Waals surface area contributed by atoms with Gasteiger partial charge in [0, 0.05) is 30.6 Å². The third-order valence-electron chi connectivity index (χ3n) is 3.94. The van der Waals surface area contributed by atoms with Crippen molar-refractivity contribution in [1.29, 1.82) is 0 Å². The lowest BCUT2D eigenvalue weighted by molar-refractivity contribution is 0.943. The fourth-order valence-electron chi connectivity index (χ4n) is 2.80. The summed E-state index contributed by atoms with van der Waals surface area (Å²) in [4.78, 5) is 13.4. The van der Waals surface area contributed by atoms with Gasteiger partial charge in [0.15, 0.2) is 0 Å². The minimum Gasteiger partial charge on any atom is -0.333 e. The van der Waals surface area contributed by atoms with Crippen LogP contribution in [0.15, 0.2) is 84.4 Å². The molecular weight excluding hydrogens is 296 g/mol. The zero-order valence-corrected chi connectivity index (χ0v) is 13.3. The van der Waals surface area contributed by atoms with Gasteiger partial charge in [-0.1, -0.05) is 60.7 Å². The van der Waals surface area contributed by atoms with Crippen LogP contribution in [0.3, 0.4) is 0 Å². The predicted molar refractivity (Wildman–Crippen MR) is 96.7 cm³/mol. The molecule has 4 aromatic rings. The molecule has 0 radical (unpaired) electrons. The number of aromatic nitrogens is 3. The first kappa shape index (κ1) is 14.3. The first-order chi connectivity index (χ1) is 11.8. The Morgan fingerprint density at radius 3 is 2.17 bits per heavy atom. The Morgan fingerprint density at radius 1 is 0.917 bits per heavy atom. The second-order valence-corrected chi connectivity index (χ2v) is 5.58. The van der Waals surface area contributed by atoms with E-state index in [2.05, 4.69) is 34.2 Å². The number of hydrogen-bond acceptors (Lipinski definition) is 3. The van der Waals surface area contributed by atoms with Crippen LogP contribution in [-0.4, -0.2) is 20.2 Å². The molecule has 24 heavy (non-hydrogen) atoms. The maximum absolute atomic E-state index is 4.96. The molecule has 2 aromatic carbocycles. The van der Waals surface area contributed by atoms with Crippen molar-refractivity contribution in [2.24, 2.45) is 12.0 Å². The van der Waals surface area contributed by atoms with Gasteiger partial charge in [0.2, 0.25) is 0 Å². The van der Waals surface area contributed by atoms with Crippen molar-refractivity contribution in [3.05, 3.63) is 90.5 Å². The zero-order chi connectivity index (χ0) is 16.4. The summed E-state index contributed by atoms with van der Waals surface area (Å²) in [7, 11) is 1.97. The number of aryl methyl sites for hydroxylation is 1. The van der Waals surface area contributed by atoms with E-state index in [1.807, 2.05) is 60.4 Å². The van der Waals surface area contributed by atoms with E-state index in [1.54, 1.807) is 6.33 Å². The van der Waals surface area contributed by atoms with Crippen LogP contribution in [0.25, 0.3) is 11.0 Å². The summed E-state index contributed by atoms with van der Waals surface area (Å²) in [5.74, 6) is 0. The Morgan fingerprint density at radius 2 is 1.54 bits per heavy atom. The topological polar surface area (TPSA) is 43.1 Å². The second-order valence-electron chi connectivity index (χ2n) is 5.58. The molecule has 4 heteroatoms. The van der Waals surface area contributed by atoms with Crippen molar-refractivity contribution >= 4 is 22.4 Å². The highest BCUT2D eigenvalue weighted by atomic mass is 15.0. The molecule has 0 atom stereocenters. The molecule has 0 spiro atoms. The van der Waals surface area contributed by atoms with Crippen LogP contribution < -0.4 is 0 Å². The Kier molecular flexibility index (Phi) is 3.63. The van der Waals surface area contributed by atoms with Crippen LogP contribution in [0.2, 0.25) is 0 Å². The molecule has 0 bridgehead atoms. The zero-order valence-electron chi connectivity index (χ0n) is 13.3. The standard InChI is InChI=1S/C20H16N4/c1-24-13-18(17-12-21-14-22-20(17)24)23-19(15-8-4-2-5-9-15)16-10-6-3-7-11-16/h2-14H,1H3. The van der Waals surface area contributed by atoms with Crippen LogP contribution in [0.4, 0.5) is 5.69 Å². The van der Waals surface area contributed by atoms with Gasteiger partial charge in [-0.3, -0.25) is 0 Å². The van der Waals surface area contributed by atoms with E-state index in [4.69, 9.17) is 4.99 Å². The van der Waals surface area contributed by atoms with Gasteiger partial charge in [-0.05, 0) is 0 Å².